The monoisotopic (exact) mass is 500 g/mol. The van der Waals surface area contributed by atoms with Gasteiger partial charge in [0, 0.05) is 33.4 Å². The van der Waals surface area contributed by atoms with Crippen LogP contribution in [0.5, 0.6) is 0 Å². The number of hydrogen-bond acceptors (Lipinski definition) is 1. The lowest BCUT2D eigenvalue weighted by Crippen LogP contribution is -2.11. The van der Waals surface area contributed by atoms with E-state index >= 15 is 0 Å². The summed E-state index contributed by atoms with van der Waals surface area (Å²) in [6.07, 6.45) is 0. The molecule has 0 amide bonds. The van der Waals surface area contributed by atoms with Crippen LogP contribution in [0.2, 0.25) is 0 Å². The van der Waals surface area contributed by atoms with Gasteiger partial charge in [0.05, 0.1) is 16.7 Å². The number of nitrogens with zero attached hydrogens (tertiary/aromatic N) is 2. The summed E-state index contributed by atoms with van der Waals surface area (Å²) in [6, 6.07) is 54.3. The van der Waals surface area contributed by atoms with Crippen molar-refractivity contribution < 1.29 is 0 Å². The maximum Gasteiger partial charge on any atom is 0.0541 e. The van der Waals surface area contributed by atoms with Crippen LogP contribution in [0.4, 0.5) is 17.1 Å². The molecule has 0 N–H and O–H groups in total. The zero-order chi connectivity index (χ0) is 26.2. The summed E-state index contributed by atoms with van der Waals surface area (Å²) in [5.74, 6) is 0. The Morgan fingerprint density at radius 3 is 1.62 bits per heavy atom. The number of rotatable bonds is 5. The average molecular weight is 501 g/mol. The fourth-order valence-corrected chi connectivity index (χ4v) is 5.60. The van der Waals surface area contributed by atoms with Crippen LogP contribution in [0.3, 0.4) is 0 Å². The quantitative estimate of drug-likeness (QED) is 0.228. The molecule has 2 heteroatoms. The minimum Gasteiger partial charge on any atom is -0.310 e. The Bertz CT molecular complexity index is 1840. The fraction of sp³-hybridized carbons (Fsp3) is 0.0270. The summed E-state index contributed by atoms with van der Waals surface area (Å²) in [7, 11) is 0. The van der Waals surface area contributed by atoms with E-state index in [4.69, 9.17) is 0 Å². The first-order valence-corrected chi connectivity index (χ1v) is 13.4. The van der Waals surface area contributed by atoms with Gasteiger partial charge in [0.25, 0.3) is 0 Å². The summed E-state index contributed by atoms with van der Waals surface area (Å²) in [5, 5.41) is 2.55. The Kier molecular flexibility index (Phi) is 5.71. The highest BCUT2D eigenvalue weighted by Gasteiger charge is 2.18. The van der Waals surface area contributed by atoms with Crippen molar-refractivity contribution in [1.82, 2.24) is 4.57 Å². The van der Waals surface area contributed by atoms with Crippen molar-refractivity contribution in [2.24, 2.45) is 0 Å². The normalized spacial score (nSPS) is 11.2. The summed E-state index contributed by atoms with van der Waals surface area (Å²) in [6.45, 7) is 2.13. The van der Waals surface area contributed by atoms with Crippen LogP contribution in [-0.2, 0) is 0 Å². The number of hydrogen-bond donors (Lipinski definition) is 0. The average Bonchev–Trinajstić information content (AvgIpc) is 3.34. The Hall–Kier alpha value is -5.08. The van der Waals surface area contributed by atoms with Crippen LogP contribution in [0, 0.1) is 6.92 Å². The number of anilines is 3. The zero-order valence-corrected chi connectivity index (χ0v) is 21.8. The van der Waals surface area contributed by atoms with Crippen molar-refractivity contribution >= 4 is 38.9 Å². The van der Waals surface area contributed by atoms with Gasteiger partial charge in [-0.2, -0.15) is 0 Å². The lowest BCUT2D eigenvalue weighted by atomic mass is 10.0. The topological polar surface area (TPSA) is 8.17 Å². The molecule has 39 heavy (non-hydrogen) atoms. The first-order valence-electron chi connectivity index (χ1n) is 13.4. The molecular formula is C37H28N2. The van der Waals surface area contributed by atoms with Gasteiger partial charge in [-0.3, -0.25) is 0 Å². The predicted octanol–water partition coefficient (Wildman–Crippen LogP) is 10.2. The molecule has 6 aromatic carbocycles. The minimum atomic E-state index is 1.12. The van der Waals surface area contributed by atoms with E-state index in [9.17, 15) is 0 Å². The van der Waals surface area contributed by atoms with Crippen molar-refractivity contribution in [2.45, 2.75) is 6.92 Å². The Morgan fingerprint density at radius 1 is 0.462 bits per heavy atom. The maximum absolute atomic E-state index is 2.36. The molecule has 1 aromatic heterocycles. The SMILES string of the molecule is Cc1ccc(N(c2ccc(-n3c4ccccc4c4ccccc43)cc2)c2ccccc2-c2ccccc2)cc1. The highest BCUT2D eigenvalue weighted by molar-refractivity contribution is 6.09. The van der Waals surface area contributed by atoms with E-state index in [0.717, 1.165) is 22.7 Å². The van der Waals surface area contributed by atoms with Gasteiger partial charge in [-0.25, -0.2) is 0 Å². The third-order valence-corrected chi connectivity index (χ3v) is 7.47. The maximum atomic E-state index is 2.36. The molecule has 0 aliphatic carbocycles. The standard InChI is InChI=1S/C37H28N2/c1-27-19-21-29(22-20-27)38(35-16-8-5-13-32(35)28-11-3-2-4-12-28)30-23-25-31(26-24-30)39-36-17-9-6-14-33(36)34-15-7-10-18-37(34)39/h2-26H,1H3. The molecule has 1 heterocycles. The van der Waals surface area contributed by atoms with E-state index in [2.05, 4.69) is 168 Å². The molecule has 0 saturated heterocycles. The predicted molar refractivity (Wildman–Crippen MR) is 166 cm³/mol. The third-order valence-electron chi connectivity index (χ3n) is 7.47. The van der Waals surface area contributed by atoms with E-state index in [0.29, 0.717) is 0 Å². The van der Waals surface area contributed by atoms with Crippen molar-refractivity contribution in [3.63, 3.8) is 0 Å². The molecule has 0 aliphatic rings. The van der Waals surface area contributed by atoms with E-state index in [1.165, 1.54) is 38.5 Å². The summed E-state index contributed by atoms with van der Waals surface area (Å²) in [5.41, 5.74) is 10.6. The van der Waals surface area contributed by atoms with Gasteiger partial charge in [-0.15, -0.1) is 0 Å². The van der Waals surface area contributed by atoms with E-state index in [1.807, 2.05) is 0 Å². The Balaban J connectivity index is 1.40. The lowest BCUT2D eigenvalue weighted by Gasteiger charge is -2.28. The second kappa shape index (κ2) is 9.66. The van der Waals surface area contributed by atoms with Gasteiger partial charge in [-0.05, 0) is 67.1 Å². The van der Waals surface area contributed by atoms with Gasteiger partial charge in [0.2, 0.25) is 0 Å². The number of aromatic nitrogens is 1. The van der Waals surface area contributed by atoms with Gasteiger partial charge >= 0.3 is 0 Å². The van der Waals surface area contributed by atoms with Crippen LogP contribution in [0.15, 0.2) is 152 Å². The van der Waals surface area contributed by atoms with Crippen molar-refractivity contribution in [1.29, 1.82) is 0 Å². The molecule has 2 nitrogen and oxygen atoms in total. The Labute approximate surface area is 229 Å². The number of fused-ring (bicyclic) bond motifs is 3. The van der Waals surface area contributed by atoms with Crippen molar-refractivity contribution in [3.8, 4) is 16.8 Å². The summed E-state index contributed by atoms with van der Waals surface area (Å²) < 4.78 is 2.36. The van der Waals surface area contributed by atoms with Gasteiger partial charge in [0.1, 0.15) is 0 Å². The zero-order valence-electron chi connectivity index (χ0n) is 21.8. The van der Waals surface area contributed by atoms with Crippen LogP contribution in [0.1, 0.15) is 5.56 Å². The molecular weight excluding hydrogens is 472 g/mol. The van der Waals surface area contributed by atoms with E-state index < -0.39 is 0 Å². The molecule has 0 aliphatic heterocycles. The van der Waals surface area contributed by atoms with Crippen LogP contribution >= 0.6 is 0 Å². The smallest absolute Gasteiger partial charge is 0.0541 e. The first kappa shape index (κ1) is 23.1. The second-order valence-corrected chi connectivity index (χ2v) is 9.94. The molecule has 0 fully saturated rings. The highest BCUT2D eigenvalue weighted by Crippen LogP contribution is 2.41. The lowest BCUT2D eigenvalue weighted by molar-refractivity contribution is 1.17. The minimum absolute atomic E-state index is 1.12. The molecule has 7 rings (SSSR count). The molecule has 0 radical (unpaired) electrons. The molecule has 186 valence electrons. The summed E-state index contributed by atoms with van der Waals surface area (Å²) in [4.78, 5) is 2.36. The second-order valence-electron chi connectivity index (χ2n) is 9.94. The first-order chi connectivity index (χ1) is 19.3. The molecule has 0 spiro atoms. The fourth-order valence-electron chi connectivity index (χ4n) is 5.60. The molecule has 0 atom stereocenters. The molecule has 0 unspecified atom stereocenters. The van der Waals surface area contributed by atoms with Gasteiger partial charge < -0.3 is 9.47 Å². The highest BCUT2D eigenvalue weighted by atomic mass is 15.1. The summed E-state index contributed by atoms with van der Waals surface area (Å²) >= 11 is 0. The number of para-hydroxylation sites is 3. The van der Waals surface area contributed by atoms with E-state index in [1.54, 1.807) is 0 Å². The number of benzene rings is 6. The molecule has 0 saturated carbocycles. The van der Waals surface area contributed by atoms with E-state index in [-0.39, 0.29) is 0 Å². The van der Waals surface area contributed by atoms with Crippen molar-refractivity contribution in [3.05, 3.63) is 157 Å². The van der Waals surface area contributed by atoms with Crippen LogP contribution in [0.25, 0.3) is 38.6 Å². The largest absolute Gasteiger partial charge is 0.310 e. The van der Waals surface area contributed by atoms with Crippen LogP contribution in [-0.4, -0.2) is 4.57 Å². The van der Waals surface area contributed by atoms with Gasteiger partial charge in [-0.1, -0.05) is 103 Å². The Morgan fingerprint density at radius 2 is 0.974 bits per heavy atom. The molecule has 0 bridgehead atoms. The molecule has 7 aromatic rings. The number of aryl methyl sites for hydroxylation is 1. The third kappa shape index (κ3) is 4.07. The van der Waals surface area contributed by atoms with Gasteiger partial charge in [0.15, 0.2) is 0 Å². The van der Waals surface area contributed by atoms with Crippen LogP contribution < -0.4 is 4.90 Å². The van der Waals surface area contributed by atoms with Crippen molar-refractivity contribution in [2.75, 3.05) is 4.90 Å².